The number of esters is 1. The number of amides is 2. The molecular formula is C7H16ClN3O3. The molecule has 0 unspecified atom stereocenters. The zero-order valence-electron chi connectivity index (χ0n) is 8.04. The van der Waals surface area contributed by atoms with Crippen LogP contribution in [0.5, 0.6) is 0 Å². The Morgan fingerprint density at radius 3 is 2.36 bits per heavy atom. The van der Waals surface area contributed by atoms with Gasteiger partial charge in [0.15, 0.2) is 0 Å². The highest BCUT2D eigenvalue weighted by molar-refractivity contribution is 5.85. The van der Waals surface area contributed by atoms with Crippen molar-refractivity contribution in [2.75, 3.05) is 26.7 Å². The monoisotopic (exact) mass is 225 g/mol. The van der Waals surface area contributed by atoms with Gasteiger partial charge in [-0.3, -0.25) is 4.79 Å². The Bertz CT molecular complexity index is 178. The van der Waals surface area contributed by atoms with Crippen molar-refractivity contribution in [1.29, 1.82) is 0 Å². The van der Waals surface area contributed by atoms with Gasteiger partial charge < -0.3 is 21.1 Å². The summed E-state index contributed by atoms with van der Waals surface area (Å²) in [6, 6.07) is -0.325. The average molecular weight is 226 g/mol. The topological polar surface area (TPSA) is 93.4 Å². The van der Waals surface area contributed by atoms with Crippen LogP contribution >= 0.6 is 12.4 Å². The van der Waals surface area contributed by atoms with Gasteiger partial charge >= 0.3 is 12.0 Å². The third kappa shape index (κ3) is 9.08. The van der Waals surface area contributed by atoms with Gasteiger partial charge in [0.2, 0.25) is 0 Å². The summed E-state index contributed by atoms with van der Waals surface area (Å²) in [7, 11) is 1.30. The molecule has 6 nitrogen and oxygen atoms in total. The van der Waals surface area contributed by atoms with Crippen molar-refractivity contribution in [2.24, 2.45) is 5.73 Å². The van der Waals surface area contributed by atoms with E-state index in [9.17, 15) is 9.59 Å². The maximum absolute atomic E-state index is 10.8. The van der Waals surface area contributed by atoms with Crippen LogP contribution in [0.15, 0.2) is 0 Å². The number of halogens is 1. The van der Waals surface area contributed by atoms with Crippen LogP contribution in [0.25, 0.3) is 0 Å². The molecule has 14 heavy (non-hydrogen) atoms. The molecule has 0 saturated carbocycles. The minimum absolute atomic E-state index is 0. The summed E-state index contributed by atoms with van der Waals surface area (Å²) in [6.07, 6.45) is 0.173. The molecule has 4 N–H and O–H groups in total. The number of rotatable bonds is 5. The van der Waals surface area contributed by atoms with Crippen molar-refractivity contribution in [3.63, 3.8) is 0 Å². The molecule has 0 saturated heterocycles. The van der Waals surface area contributed by atoms with Gasteiger partial charge in [-0.1, -0.05) is 0 Å². The predicted molar refractivity (Wildman–Crippen MR) is 54.3 cm³/mol. The molecule has 0 aromatic rings. The fourth-order valence-corrected chi connectivity index (χ4v) is 0.628. The van der Waals surface area contributed by atoms with E-state index in [1.807, 2.05) is 0 Å². The Balaban J connectivity index is 0. The van der Waals surface area contributed by atoms with Crippen LogP contribution in [0.2, 0.25) is 0 Å². The number of ether oxygens (including phenoxy) is 1. The summed E-state index contributed by atoms with van der Waals surface area (Å²) in [5, 5.41) is 4.97. The minimum Gasteiger partial charge on any atom is -0.469 e. The van der Waals surface area contributed by atoms with Gasteiger partial charge in [0.05, 0.1) is 13.5 Å². The van der Waals surface area contributed by atoms with Crippen LogP contribution in [0.4, 0.5) is 4.79 Å². The number of carbonyl (C=O) groups excluding carboxylic acids is 2. The third-order valence-corrected chi connectivity index (χ3v) is 1.27. The second kappa shape index (κ2) is 10.1. The first-order chi connectivity index (χ1) is 6.20. The van der Waals surface area contributed by atoms with E-state index in [1.165, 1.54) is 7.11 Å². The van der Waals surface area contributed by atoms with E-state index < -0.39 is 0 Å². The molecule has 0 bridgehead atoms. The van der Waals surface area contributed by atoms with Crippen molar-refractivity contribution >= 4 is 24.4 Å². The number of hydrogen-bond donors (Lipinski definition) is 3. The van der Waals surface area contributed by atoms with Gasteiger partial charge in [0.25, 0.3) is 0 Å². The summed E-state index contributed by atoms with van der Waals surface area (Å²) in [4.78, 5) is 21.4. The fraction of sp³-hybridized carbons (Fsp3) is 0.714. The second-order valence-electron chi connectivity index (χ2n) is 2.30. The molecule has 2 amide bonds. The first-order valence-electron chi connectivity index (χ1n) is 3.99. The van der Waals surface area contributed by atoms with Crippen LogP contribution < -0.4 is 16.4 Å². The molecule has 0 aromatic heterocycles. The molecule has 0 fully saturated rings. The smallest absolute Gasteiger partial charge is 0.314 e. The van der Waals surface area contributed by atoms with Crippen molar-refractivity contribution in [1.82, 2.24) is 10.6 Å². The Kier molecular flexibility index (Phi) is 11.1. The van der Waals surface area contributed by atoms with Crippen LogP contribution in [0, 0.1) is 0 Å². The summed E-state index contributed by atoms with van der Waals surface area (Å²) in [5.74, 6) is -0.348. The lowest BCUT2D eigenvalue weighted by atomic mass is 10.4. The average Bonchev–Trinajstić information content (AvgIpc) is 2.14. The Labute approximate surface area is 89.0 Å². The van der Waals surface area contributed by atoms with Crippen LogP contribution in [0.3, 0.4) is 0 Å². The van der Waals surface area contributed by atoms with E-state index in [1.54, 1.807) is 0 Å². The van der Waals surface area contributed by atoms with Gasteiger partial charge in [-0.05, 0) is 0 Å². The molecule has 0 radical (unpaired) electrons. The highest BCUT2D eigenvalue weighted by Gasteiger charge is 2.01. The molecular weight excluding hydrogens is 210 g/mol. The summed E-state index contributed by atoms with van der Waals surface area (Å²) in [5.41, 5.74) is 5.16. The molecule has 7 heteroatoms. The maximum Gasteiger partial charge on any atom is 0.314 e. The SMILES string of the molecule is COC(=O)CCNC(=O)NCCN.Cl. The van der Waals surface area contributed by atoms with Crippen LogP contribution in [-0.4, -0.2) is 38.7 Å². The van der Waals surface area contributed by atoms with Crippen LogP contribution in [0.1, 0.15) is 6.42 Å². The summed E-state index contributed by atoms with van der Waals surface area (Å²) in [6.45, 7) is 1.08. The summed E-state index contributed by atoms with van der Waals surface area (Å²) >= 11 is 0. The zero-order valence-corrected chi connectivity index (χ0v) is 8.86. The Morgan fingerprint density at radius 2 is 1.86 bits per heavy atom. The minimum atomic E-state index is -0.348. The normalized spacial score (nSPS) is 8.43. The highest BCUT2D eigenvalue weighted by atomic mass is 35.5. The van der Waals surface area contributed by atoms with Gasteiger partial charge in [0, 0.05) is 19.6 Å². The quantitative estimate of drug-likeness (QED) is 0.536. The van der Waals surface area contributed by atoms with Gasteiger partial charge in [-0.15, -0.1) is 12.4 Å². The molecule has 0 aliphatic rings. The largest absolute Gasteiger partial charge is 0.469 e. The Morgan fingerprint density at radius 1 is 1.29 bits per heavy atom. The fourth-order valence-electron chi connectivity index (χ4n) is 0.628. The van der Waals surface area contributed by atoms with Crippen molar-refractivity contribution in [2.45, 2.75) is 6.42 Å². The number of nitrogens with two attached hydrogens (primary N) is 1. The molecule has 84 valence electrons. The van der Waals surface area contributed by atoms with Crippen LogP contribution in [-0.2, 0) is 9.53 Å². The highest BCUT2D eigenvalue weighted by Crippen LogP contribution is 1.80. The van der Waals surface area contributed by atoms with Crippen molar-refractivity contribution < 1.29 is 14.3 Å². The molecule has 0 atom stereocenters. The van der Waals surface area contributed by atoms with E-state index >= 15 is 0 Å². The van der Waals surface area contributed by atoms with E-state index in [4.69, 9.17) is 5.73 Å². The first kappa shape index (κ1) is 15.5. The van der Waals surface area contributed by atoms with Gasteiger partial charge in [-0.2, -0.15) is 0 Å². The lowest BCUT2D eigenvalue weighted by molar-refractivity contribution is -0.140. The number of urea groups is 1. The van der Waals surface area contributed by atoms with Gasteiger partial charge in [0.1, 0.15) is 0 Å². The Hall–Kier alpha value is -1.01. The second-order valence-corrected chi connectivity index (χ2v) is 2.30. The molecule has 0 aliphatic carbocycles. The predicted octanol–water partition coefficient (Wildman–Crippen LogP) is -0.771. The molecule has 0 heterocycles. The van der Waals surface area contributed by atoms with Gasteiger partial charge in [-0.25, -0.2) is 4.79 Å². The third-order valence-electron chi connectivity index (χ3n) is 1.27. The first-order valence-corrected chi connectivity index (χ1v) is 3.99. The van der Waals surface area contributed by atoms with E-state index in [2.05, 4.69) is 15.4 Å². The lowest BCUT2D eigenvalue weighted by Gasteiger charge is -2.05. The molecule has 0 aromatic carbocycles. The molecule has 0 aliphatic heterocycles. The standard InChI is InChI=1S/C7H15N3O3.ClH/c1-13-6(11)2-4-9-7(12)10-5-3-8;/h2-5,8H2,1H3,(H2,9,10,12);1H. The number of hydrogen-bond acceptors (Lipinski definition) is 4. The van der Waals surface area contributed by atoms with E-state index in [-0.39, 0.29) is 37.4 Å². The summed E-state index contributed by atoms with van der Waals surface area (Å²) < 4.78 is 4.38. The van der Waals surface area contributed by atoms with Crippen molar-refractivity contribution in [3.8, 4) is 0 Å². The number of nitrogens with one attached hydrogen (secondary N) is 2. The van der Waals surface area contributed by atoms with Crippen molar-refractivity contribution in [3.05, 3.63) is 0 Å². The zero-order chi connectivity index (χ0) is 10.1. The maximum atomic E-state index is 10.8. The number of carbonyl (C=O) groups is 2. The molecule has 0 spiro atoms. The van der Waals surface area contributed by atoms with E-state index in [0.717, 1.165) is 0 Å². The number of methoxy groups -OCH3 is 1. The van der Waals surface area contributed by atoms with E-state index in [0.29, 0.717) is 13.1 Å². The lowest BCUT2D eigenvalue weighted by Crippen LogP contribution is -2.39. The molecule has 0 rings (SSSR count).